The maximum atomic E-state index is 12.9. The Kier molecular flexibility index (Phi) is 8.56. The van der Waals surface area contributed by atoms with Crippen LogP contribution in [0.2, 0.25) is 0 Å². The molecule has 7 nitrogen and oxygen atoms in total. The molecule has 2 aromatic rings. The summed E-state index contributed by atoms with van der Waals surface area (Å²) in [7, 11) is 0. The van der Waals surface area contributed by atoms with Crippen LogP contribution in [0, 0.1) is 6.92 Å². The first-order valence-electron chi connectivity index (χ1n) is 10.3. The Bertz CT molecular complexity index is 992. The van der Waals surface area contributed by atoms with Crippen LogP contribution >= 0.6 is 11.8 Å². The van der Waals surface area contributed by atoms with E-state index in [4.69, 9.17) is 13.9 Å². The van der Waals surface area contributed by atoms with Crippen LogP contribution < -0.4 is 15.7 Å². The molecule has 31 heavy (non-hydrogen) atoms. The van der Waals surface area contributed by atoms with Crippen molar-refractivity contribution in [3.63, 3.8) is 0 Å². The fraction of sp³-hybridized carbons (Fsp3) is 0.522. The molecular weight excluding hydrogens is 418 g/mol. The number of carbonyl (C=O) groups excluding carboxylic acids is 2. The third-order valence-electron chi connectivity index (χ3n) is 4.51. The smallest absolute Gasteiger partial charge is 0.408 e. The van der Waals surface area contributed by atoms with Gasteiger partial charge in [0, 0.05) is 17.0 Å². The minimum atomic E-state index is -0.865. The van der Waals surface area contributed by atoms with Crippen molar-refractivity contribution in [1.82, 2.24) is 5.32 Å². The standard InChI is InChI=1S/C23H31NO6S/c1-7-8-15-13-19(25)29-20-14(2)18(10-9-16(15)20)28-21(26)17(11-12-31-6)24-22(27)30-23(3,4)5/h9-10,13,17H,7-8,11-12H2,1-6H3,(H,24,27)/t17-/m0/s1. The highest BCUT2D eigenvalue weighted by Gasteiger charge is 2.26. The number of alkyl carbamates (subject to hydrolysis) is 1. The normalized spacial score (nSPS) is 12.5. The second-order valence-electron chi connectivity index (χ2n) is 8.31. The van der Waals surface area contributed by atoms with Gasteiger partial charge in [-0.05, 0) is 70.2 Å². The van der Waals surface area contributed by atoms with E-state index in [1.165, 1.54) is 6.07 Å². The predicted molar refractivity (Wildman–Crippen MR) is 123 cm³/mol. The number of thioether (sulfide) groups is 1. The van der Waals surface area contributed by atoms with Gasteiger partial charge in [0.05, 0.1) is 0 Å². The summed E-state index contributed by atoms with van der Waals surface area (Å²) in [5.74, 6) is 0.338. The summed E-state index contributed by atoms with van der Waals surface area (Å²) in [6.07, 6.45) is 3.26. The first-order chi connectivity index (χ1) is 14.6. The van der Waals surface area contributed by atoms with Crippen molar-refractivity contribution in [2.45, 2.75) is 65.5 Å². The van der Waals surface area contributed by atoms with Gasteiger partial charge in [0.25, 0.3) is 0 Å². The van der Waals surface area contributed by atoms with Crippen LogP contribution in [0.5, 0.6) is 5.75 Å². The number of hydrogen-bond acceptors (Lipinski definition) is 7. The van der Waals surface area contributed by atoms with E-state index in [1.807, 2.05) is 13.2 Å². The Labute approximate surface area is 186 Å². The fourth-order valence-electron chi connectivity index (χ4n) is 3.11. The number of fused-ring (bicyclic) bond motifs is 1. The molecule has 0 unspecified atom stereocenters. The van der Waals surface area contributed by atoms with Crippen molar-refractivity contribution in [1.29, 1.82) is 0 Å². The molecule has 170 valence electrons. The minimum Gasteiger partial charge on any atom is -0.444 e. The van der Waals surface area contributed by atoms with Crippen LogP contribution in [-0.4, -0.2) is 35.7 Å². The Morgan fingerprint density at radius 1 is 1.26 bits per heavy atom. The molecule has 1 heterocycles. The van der Waals surface area contributed by atoms with E-state index in [0.717, 1.165) is 23.8 Å². The maximum absolute atomic E-state index is 12.9. The van der Waals surface area contributed by atoms with E-state index in [-0.39, 0.29) is 5.75 Å². The van der Waals surface area contributed by atoms with Crippen molar-refractivity contribution < 1.29 is 23.5 Å². The molecule has 0 spiro atoms. The van der Waals surface area contributed by atoms with E-state index < -0.39 is 29.3 Å². The highest BCUT2D eigenvalue weighted by Crippen LogP contribution is 2.29. The number of carbonyl (C=O) groups is 2. The van der Waals surface area contributed by atoms with Gasteiger partial charge in [-0.2, -0.15) is 11.8 Å². The molecule has 1 aromatic heterocycles. The number of rotatable bonds is 8. The van der Waals surface area contributed by atoms with Crippen molar-refractivity contribution >= 4 is 34.8 Å². The molecule has 0 radical (unpaired) electrons. The number of benzene rings is 1. The number of ether oxygens (including phenoxy) is 2. The highest BCUT2D eigenvalue weighted by atomic mass is 32.2. The Hall–Kier alpha value is -2.48. The van der Waals surface area contributed by atoms with E-state index in [9.17, 15) is 14.4 Å². The lowest BCUT2D eigenvalue weighted by Crippen LogP contribution is -2.45. The van der Waals surface area contributed by atoms with Gasteiger partial charge in [-0.15, -0.1) is 0 Å². The average Bonchev–Trinajstić information content (AvgIpc) is 2.66. The summed E-state index contributed by atoms with van der Waals surface area (Å²) < 4.78 is 16.3. The number of amides is 1. The molecule has 1 N–H and O–H groups in total. The van der Waals surface area contributed by atoms with Crippen molar-refractivity contribution in [2.75, 3.05) is 12.0 Å². The number of esters is 1. The Morgan fingerprint density at radius 2 is 1.97 bits per heavy atom. The van der Waals surface area contributed by atoms with Gasteiger partial charge in [-0.25, -0.2) is 14.4 Å². The highest BCUT2D eigenvalue weighted by molar-refractivity contribution is 7.98. The van der Waals surface area contributed by atoms with Crippen LogP contribution in [0.4, 0.5) is 4.79 Å². The molecule has 0 fully saturated rings. The van der Waals surface area contributed by atoms with Gasteiger partial charge >= 0.3 is 17.7 Å². The van der Waals surface area contributed by atoms with Crippen LogP contribution in [0.3, 0.4) is 0 Å². The van der Waals surface area contributed by atoms with Crippen LogP contribution in [0.25, 0.3) is 11.0 Å². The average molecular weight is 450 g/mol. The van der Waals surface area contributed by atoms with Crippen molar-refractivity contribution in [2.24, 2.45) is 0 Å². The summed E-state index contributed by atoms with van der Waals surface area (Å²) in [5, 5.41) is 3.42. The zero-order valence-electron chi connectivity index (χ0n) is 19.0. The van der Waals surface area contributed by atoms with E-state index in [2.05, 4.69) is 5.32 Å². The summed E-state index contributed by atoms with van der Waals surface area (Å²) in [4.78, 5) is 37.0. The molecule has 0 aliphatic carbocycles. The Balaban J connectivity index is 2.28. The van der Waals surface area contributed by atoms with Gasteiger partial charge in [-0.1, -0.05) is 13.3 Å². The largest absolute Gasteiger partial charge is 0.444 e. The van der Waals surface area contributed by atoms with Gasteiger partial charge in [0.1, 0.15) is 23.0 Å². The molecule has 0 aliphatic heterocycles. The molecule has 1 atom stereocenters. The molecule has 8 heteroatoms. The van der Waals surface area contributed by atoms with Gasteiger partial charge in [-0.3, -0.25) is 0 Å². The lowest BCUT2D eigenvalue weighted by molar-refractivity contribution is -0.136. The van der Waals surface area contributed by atoms with Gasteiger partial charge < -0.3 is 19.2 Å². The SMILES string of the molecule is CCCc1cc(=O)oc2c(C)c(OC(=O)[C@H](CCSC)NC(=O)OC(C)(C)C)ccc12. The lowest BCUT2D eigenvalue weighted by atomic mass is 10.0. The summed E-state index contributed by atoms with van der Waals surface area (Å²) in [6.45, 7) is 9.03. The number of nitrogens with one attached hydrogen (secondary N) is 1. The van der Waals surface area contributed by atoms with Crippen molar-refractivity contribution in [3.8, 4) is 5.75 Å². The second kappa shape index (κ2) is 10.7. The molecular formula is C23H31NO6S. The van der Waals surface area contributed by atoms with E-state index >= 15 is 0 Å². The first kappa shape index (κ1) is 24.8. The third-order valence-corrected chi connectivity index (χ3v) is 5.16. The topological polar surface area (TPSA) is 94.8 Å². The van der Waals surface area contributed by atoms with Gasteiger partial charge in [0.2, 0.25) is 0 Å². The third kappa shape index (κ3) is 7.02. The second-order valence-corrected chi connectivity index (χ2v) is 9.29. The minimum absolute atomic E-state index is 0.287. The van der Waals surface area contributed by atoms with Crippen LogP contribution in [0.1, 0.15) is 51.7 Å². The summed E-state index contributed by atoms with van der Waals surface area (Å²) in [5.41, 5.74) is 0.746. The monoisotopic (exact) mass is 449 g/mol. The fourth-order valence-corrected chi connectivity index (χ4v) is 3.58. The van der Waals surface area contributed by atoms with E-state index in [1.54, 1.807) is 51.6 Å². The van der Waals surface area contributed by atoms with E-state index in [0.29, 0.717) is 23.3 Å². The zero-order chi connectivity index (χ0) is 23.2. The maximum Gasteiger partial charge on any atom is 0.408 e. The predicted octanol–water partition coefficient (Wildman–Crippen LogP) is 4.61. The number of aryl methyl sites for hydroxylation is 2. The molecule has 2 rings (SSSR count). The zero-order valence-corrected chi connectivity index (χ0v) is 19.8. The molecule has 0 bridgehead atoms. The molecule has 1 amide bonds. The molecule has 0 saturated carbocycles. The molecule has 1 aromatic carbocycles. The molecule has 0 aliphatic rings. The quantitative estimate of drug-likeness (QED) is 0.357. The molecule has 0 saturated heterocycles. The summed E-state index contributed by atoms with van der Waals surface area (Å²) in [6, 6.07) is 4.11. The number of hydrogen-bond donors (Lipinski definition) is 1. The van der Waals surface area contributed by atoms with Crippen molar-refractivity contribution in [3.05, 3.63) is 39.7 Å². The van der Waals surface area contributed by atoms with Crippen LogP contribution in [-0.2, 0) is 16.0 Å². The van der Waals surface area contributed by atoms with Gasteiger partial charge in [0.15, 0.2) is 0 Å². The lowest BCUT2D eigenvalue weighted by Gasteiger charge is -2.23. The van der Waals surface area contributed by atoms with Crippen LogP contribution in [0.15, 0.2) is 27.4 Å². The summed E-state index contributed by atoms with van der Waals surface area (Å²) >= 11 is 1.56. The first-order valence-corrected chi connectivity index (χ1v) is 11.7. The Morgan fingerprint density at radius 3 is 2.58 bits per heavy atom.